The molecule has 4 heterocycles. The van der Waals surface area contributed by atoms with Crippen molar-refractivity contribution in [1.82, 2.24) is 19.8 Å². The molecule has 4 aromatic rings. The quantitative estimate of drug-likeness (QED) is 0.206. The number of phenols is 1. The Morgan fingerprint density at radius 1 is 0.650 bits per heavy atom. The number of aliphatic hydroxyl groups excluding tert-OH is 1. The molecule has 4 amide bonds. The Morgan fingerprint density at radius 3 is 1.52 bits per heavy atom. The van der Waals surface area contributed by atoms with Crippen LogP contribution < -0.4 is 4.74 Å². The number of carbonyl (C=O) groups is 2. The van der Waals surface area contributed by atoms with Crippen LogP contribution in [-0.4, -0.2) is 92.9 Å². The smallest absolute Gasteiger partial charge is 0.341 e. The molecule has 0 aliphatic carbocycles. The number of ether oxygens (including phenoxy) is 1. The van der Waals surface area contributed by atoms with E-state index in [1.807, 2.05) is 0 Å². The highest BCUT2D eigenvalue weighted by Crippen LogP contribution is 2.33. The maximum Gasteiger partial charge on any atom is 0.341 e. The molecule has 2 saturated heterocycles. The van der Waals surface area contributed by atoms with E-state index >= 15 is 0 Å². The van der Waals surface area contributed by atoms with Gasteiger partial charge in [-0.15, -0.1) is 0 Å². The molecule has 4 aromatic carbocycles. The number of benzene rings is 4. The maximum absolute atomic E-state index is 13.5. The molecule has 13 nitrogen and oxygen atoms in total. The lowest BCUT2D eigenvalue weighted by molar-refractivity contribution is 0.0124. The fourth-order valence-corrected chi connectivity index (χ4v) is 6.31. The zero-order valence-electron chi connectivity index (χ0n) is 30.6. The molecule has 312 valence electrons. The highest BCUT2D eigenvalue weighted by Gasteiger charge is 2.40. The third kappa shape index (κ3) is 10.3. The molecule has 8 rings (SSSR count). The normalized spacial score (nSPS) is 17.8. The number of aliphatic hydroxyl groups is 1. The summed E-state index contributed by atoms with van der Waals surface area (Å²) >= 11 is 0. The second kappa shape index (κ2) is 19.1. The van der Waals surface area contributed by atoms with Crippen LogP contribution in [-0.2, 0) is 0 Å². The minimum absolute atomic E-state index is 0. The van der Waals surface area contributed by atoms with E-state index in [1.54, 1.807) is 18.4 Å². The molecular formula is C41H36F6N8O5. The number of phenolic OH excluding ortho intramolecular Hbond substituents is 1. The second-order valence-corrected chi connectivity index (χ2v) is 13.5. The van der Waals surface area contributed by atoms with Gasteiger partial charge in [-0.3, -0.25) is 0 Å². The van der Waals surface area contributed by atoms with E-state index in [0.717, 1.165) is 30.3 Å². The van der Waals surface area contributed by atoms with Gasteiger partial charge in [-0.05, 0) is 59.7 Å². The molecule has 4 aliphatic heterocycles. The Labute approximate surface area is 339 Å². The summed E-state index contributed by atoms with van der Waals surface area (Å²) in [6.45, 7) is 1.06. The number of β-amino-alcohol motifs (C(OH)–C–C–N with tert-alkyl or cyclic N) is 1. The van der Waals surface area contributed by atoms with Crippen molar-refractivity contribution in [2.45, 2.75) is 44.6 Å². The van der Waals surface area contributed by atoms with E-state index in [1.165, 1.54) is 68.5 Å². The van der Waals surface area contributed by atoms with Gasteiger partial charge in [0.25, 0.3) is 0 Å². The molecule has 0 spiro atoms. The van der Waals surface area contributed by atoms with E-state index in [0.29, 0.717) is 29.7 Å². The average Bonchev–Trinajstić information content (AvgIpc) is 3.87. The molecule has 2 atom stereocenters. The van der Waals surface area contributed by atoms with Gasteiger partial charge in [-0.25, -0.2) is 45.9 Å². The molecule has 60 heavy (non-hydrogen) atoms. The van der Waals surface area contributed by atoms with Gasteiger partial charge in [0.2, 0.25) is 0 Å². The summed E-state index contributed by atoms with van der Waals surface area (Å²) in [5.74, 6) is -3.79. The van der Waals surface area contributed by atoms with Crippen LogP contribution in [0, 0.1) is 57.6 Å². The van der Waals surface area contributed by atoms with E-state index in [-0.39, 0.29) is 62.6 Å². The van der Waals surface area contributed by atoms with Crippen LogP contribution in [0.1, 0.15) is 54.6 Å². The summed E-state index contributed by atoms with van der Waals surface area (Å²) in [5.41, 5.74) is 0.442. The molecule has 0 radical (unpaired) electrons. The van der Waals surface area contributed by atoms with E-state index < -0.39 is 59.1 Å². The molecule has 0 saturated carbocycles. The number of carbonyl (C=O) groups excluding carboxylic acids is 2. The van der Waals surface area contributed by atoms with E-state index in [2.05, 4.69) is 10.2 Å². The minimum Gasteiger partial charge on any atom is -0.508 e. The first-order chi connectivity index (χ1) is 28.2. The average molecular weight is 835 g/mol. The van der Waals surface area contributed by atoms with Gasteiger partial charge in [0.15, 0.2) is 0 Å². The summed E-state index contributed by atoms with van der Waals surface area (Å²) in [7, 11) is 0. The van der Waals surface area contributed by atoms with Crippen LogP contribution in [0.3, 0.4) is 0 Å². The van der Waals surface area contributed by atoms with E-state index in [4.69, 9.17) is 20.4 Å². The second-order valence-electron chi connectivity index (χ2n) is 13.5. The van der Waals surface area contributed by atoms with Crippen molar-refractivity contribution in [3.63, 3.8) is 0 Å². The Kier molecular flexibility index (Phi) is 14.0. The summed E-state index contributed by atoms with van der Waals surface area (Å²) in [5, 5.41) is 45.5. The minimum atomic E-state index is -0.715. The van der Waals surface area contributed by atoms with Crippen molar-refractivity contribution in [1.29, 1.82) is 10.5 Å². The van der Waals surface area contributed by atoms with Crippen molar-refractivity contribution >= 4 is 24.5 Å². The van der Waals surface area contributed by atoms with E-state index in [9.17, 15) is 41.0 Å². The van der Waals surface area contributed by atoms with Crippen molar-refractivity contribution in [2.24, 2.45) is 10.2 Å². The molecule has 0 bridgehead atoms. The monoisotopic (exact) mass is 834 g/mol. The summed E-state index contributed by atoms with van der Waals surface area (Å²) in [6.07, 6.45) is 3.02. The molecule has 19 heteroatoms. The summed E-state index contributed by atoms with van der Waals surface area (Å²) < 4.78 is 85.1. The number of likely N-dealkylation sites (tertiary alicyclic amines) is 2. The van der Waals surface area contributed by atoms with Crippen LogP contribution in [0.15, 0.2) is 83.0 Å². The topological polar surface area (TPSA) is 169 Å². The fourth-order valence-electron chi connectivity index (χ4n) is 6.31. The summed E-state index contributed by atoms with van der Waals surface area (Å²) in [6, 6.07) is 15.0. The number of nitriles is 2. The number of aromatic hydroxyl groups is 1. The van der Waals surface area contributed by atoms with Crippen molar-refractivity contribution < 1.29 is 50.9 Å². The number of nitrogens with zero attached hydrogens (tertiary/aromatic N) is 8. The number of rotatable bonds is 4. The predicted molar refractivity (Wildman–Crippen MR) is 203 cm³/mol. The fraction of sp³-hybridized carbons (Fsp3) is 0.268. The van der Waals surface area contributed by atoms with Crippen molar-refractivity contribution in [3.05, 3.63) is 130 Å². The van der Waals surface area contributed by atoms with Gasteiger partial charge < -0.3 is 24.7 Å². The zero-order valence-corrected chi connectivity index (χ0v) is 30.6. The first kappa shape index (κ1) is 44.0. The van der Waals surface area contributed by atoms with Crippen LogP contribution in [0.4, 0.5) is 35.9 Å². The molecule has 0 unspecified atom stereocenters. The zero-order chi connectivity index (χ0) is 42.4. The van der Waals surface area contributed by atoms with Crippen molar-refractivity contribution in [3.8, 4) is 23.6 Å². The number of urea groups is 2. The SMILES string of the molecule is C.N#Cc1cc(O)ccc1F.N#Cc1cc(OC2CN(C(=O)N3N=CC[C@H]3c3cc(F)cc(F)c3)C2)ccc1F.O=C(N1CC(O)C1)N1N=CC[C@H]1c1cc(F)cc(F)c1. The first-order valence-electron chi connectivity index (χ1n) is 17.8. The standard InChI is InChI=1S/C20H15F3N4O2.C13H13F2N3O2.C7H4FNO.CH4/c21-14-5-12(6-15(22)8-14)19-3-4-25-27(19)20(28)26-10-17(11-26)29-16-1-2-18(23)13(7-16)9-24;14-9-3-8(4-10(15)5-9)12-1-2-16-18(12)13(20)17-6-11(19)7-17;8-7-2-1-6(10)3-5(7)4-9;/h1-2,4-8,17,19H,3,10-11H2;2-5,11-12,19H,1,6-7H2;1-3,10H;1H4/t19-;12-;;/m00../s1. The van der Waals surface area contributed by atoms with Gasteiger partial charge in [0.05, 0.1) is 55.5 Å². The summed E-state index contributed by atoms with van der Waals surface area (Å²) in [4.78, 5) is 27.8. The Bertz CT molecular complexity index is 2340. The molecule has 0 aromatic heterocycles. The molecule has 4 aliphatic rings. The Hall–Kier alpha value is -7.12. The first-order valence-corrected chi connectivity index (χ1v) is 17.8. The van der Waals surface area contributed by atoms with Gasteiger partial charge in [-0.1, -0.05) is 7.43 Å². The Morgan fingerprint density at radius 2 is 1.08 bits per heavy atom. The molecule has 2 fully saturated rings. The lowest BCUT2D eigenvalue weighted by Gasteiger charge is -2.41. The number of halogens is 6. The number of amides is 4. The van der Waals surface area contributed by atoms with Crippen molar-refractivity contribution in [2.75, 3.05) is 26.2 Å². The number of hydrazone groups is 2. The lowest BCUT2D eigenvalue weighted by Crippen LogP contribution is -2.58. The lowest BCUT2D eigenvalue weighted by atomic mass is 10.0. The number of hydrogen-bond donors (Lipinski definition) is 2. The largest absolute Gasteiger partial charge is 0.508 e. The van der Waals surface area contributed by atoms with Crippen LogP contribution >= 0.6 is 0 Å². The van der Waals surface area contributed by atoms with Gasteiger partial charge >= 0.3 is 12.1 Å². The van der Waals surface area contributed by atoms with Crippen LogP contribution in [0.2, 0.25) is 0 Å². The number of hydrogen-bond acceptors (Lipinski definition) is 9. The highest BCUT2D eigenvalue weighted by atomic mass is 19.2. The van der Waals surface area contributed by atoms with Crippen LogP contribution in [0.25, 0.3) is 0 Å². The molecule has 2 N–H and O–H groups in total. The maximum atomic E-state index is 13.5. The van der Waals surface area contributed by atoms with Crippen LogP contribution in [0.5, 0.6) is 11.5 Å². The van der Waals surface area contributed by atoms with Gasteiger partial charge in [0.1, 0.15) is 64.6 Å². The third-order valence-electron chi connectivity index (χ3n) is 9.27. The highest BCUT2D eigenvalue weighted by molar-refractivity contribution is 5.80. The Balaban J connectivity index is 0.000000190. The predicted octanol–water partition coefficient (Wildman–Crippen LogP) is 7.12. The van der Waals surface area contributed by atoms with Gasteiger partial charge in [0, 0.05) is 49.5 Å². The molecular weight excluding hydrogens is 798 g/mol. The van der Waals surface area contributed by atoms with Gasteiger partial charge in [-0.2, -0.15) is 20.7 Å². The third-order valence-corrected chi connectivity index (χ3v) is 9.27.